The number of rotatable bonds is 5. The molecule has 0 atom stereocenters. The smallest absolute Gasteiger partial charge is 0.121 e. The maximum Gasteiger partial charge on any atom is 0.121 e. The van der Waals surface area contributed by atoms with Gasteiger partial charge in [0.05, 0.1) is 17.6 Å². The van der Waals surface area contributed by atoms with Crippen LogP contribution in [0.1, 0.15) is 17.0 Å². The Labute approximate surface area is 129 Å². The van der Waals surface area contributed by atoms with Gasteiger partial charge in [-0.2, -0.15) is 0 Å². The highest BCUT2D eigenvalue weighted by Gasteiger charge is 2.02. The number of aryl methyl sites for hydroxylation is 1. The van der Waals surface area contributed by atoms with Gasteiger partial charge >= 0.3 is 0 Å². The zero-order valence-corrected chi connectivity index (χ0v) is 12.7. The van der Waals surface area contributed by atoms with Crippen LogP contribution in [0.3, 0.4) is 0 Å². The Morgan fingerprint density at radius 2 is 1.95 bits per heavy atom. The fraction of sp³-hybridized carbons (Fsp3) is 0.235. The van der Waals surface area contributed by atoms with Gasteiger partial charge in [-0.15, -0.1) is 0 Å². The molecule has 0 aliphatic carbocycles. The van der Waals surface area contributed by atoms with E-state index in [-0.39, 0.29) is 0 Å². The van der Waals surface area contributed by atoms with E-state index in [4.69, 9.17) is 11.6 Å². The predicted molar refractivity (Wildman–Crippen MR) is 87.7 cm³/mol. The number of nitrogens with zero attached hydrogens (tertiary/aromatic N) is 1. The average Bonchev–Trinajstić information content (AvgIpc) is 2.87. The molecule has 0 saturated heterocycles. The Kier molecular flexibility index (Phi) is 4.23. The molecule has 4 heteroatoms. The van der Waals surface area contributed by atoms with Crippen molar-refractivity contribution in [2.45, 2.75) is 19.9 Å². The number of aromatic nitrogens is 2. The van der Waals surface area contributed by atoms with Crippen molar-refractivity contribution in [1.82, 2.24) is 15.3 Å². The van der Waals surface area contributed by atoms with Gasteiger partial charge in [-0.25, -0.2) is 4.98 Å². The third-order valence-corrected chi connectivity index (χ3v) is 3.73. The van der Waals surface area contributed by atoms with Crippen molar-refractivity contribution in [2.75, 3.05) is 6.54 Å². The minimum absolute atomic E-state index is 0.727. The number of hydrogen-bond donors (Lipinski definition) is 2. The summed E-state index contributed by atoms with van der Waals surface area (Å²) < 4.78 is 0. The summed E-state index contributed by atoms with van der Waals surface area (Å²) in [5.74, 6) is 0.941. The number of H-pyrrole nitrogens is 1. The lowest BCUT2D eigenvalue weighted by Crippen LogP contribution is -2.17. The van der Waals surface area contributed by atoms with Crippen LogP contribution in [-0.2, 0) is 13.0 Å². The van der Waals surface area contributed by atoms with Gasteiger partial charge in [0.2, 0.25) is 0 Å². The molecule has 1 heterocycles. The van der Waals surface area contributed by atoms with Gasteiger partial charge in [-0.3, -0.25) is 0 Å². The van der Waals surface area contributed by atoms with Crippen LogP contribution < -0.4 is 5.32 Å². The van der Waals surface area contributed by atoms with Gasteiger partial charge in [-0.05, 0) is 43.7 Å². The van der Waals surface area contributed by atoms with Crippen LogP contribution in [0.15, 0.2) is 42.5 Å². The topological polar surface area (TPSA) is 40.7 Å². The molecule has 1 aromatic heterocycles. The summed E-state index contributed by atoms with van der Waals surface area (Å²) in [7, 11) is 0. The summed E-state index contributed by atoms with van der Waals surface area (Å²) >= 11 is 5.97. The first-order valence-corrected chi connectivity index (χ1v) is 7.49. The second-order valence-electron chi connectivity index (χ2n) is 5.26. The molecule has 0 bridgehead atoms. The third-order valence-electron chi connectivity index (χ3n) is 3.50. The highest BCUT2D eigenvalue weighted by atomic mass is 35.5. The van der Waals surface area contributed by atoms with Crippen molar-refractivity contribution in [2.24, 2.45) is 0 Å². The summed E-state index contributed by atoms with van der Waals surface area (Å²) in [6.07, 6.45) is 1.02. The van der Waals surface area contributed by atoms with Crippen LogP contribution in [0.5, 0.6) is 0 Å². The molecule has 3 nitrogen and oxygen atoms in total. The molecule has 0 unspecified atom stereocenters. The fourth-order valence-corrected chi connectivity index (χ4v) is 2.48. The first-order chi connectivity index (χ1) is 10.2. The van der Waals surface area contributed by atoms with Gasteiger partial charge in [0.25, 0.3) is 0 Å². The van der Waals surface area contributed by atoms with Crippen molar-refractivity contribution >= 4 is 22.6 Å². The number of benzene rings is 2. The average molecular weight is 300 g/mol. The summed E-state index contributed by atoms with van der Waals surface area (Å²) in [6, 6.07) is 14.4. The number of aromatic amines is 1. The highest BCUT2D eigenvalue weighted by Crippen LogP contribution is 2.17. The van der Waals surface area contributed by atoms with Gasteiger partial charge in [0, 0.05) is 5.02 Å². The normalized spacial score (nSPS) is 11.1. The van der Waals surface area contributed by atoms with E-state index in [0.29, 0.717) is 0 Å². The molecule has 0 fully saturated rings. The molecule has 3 aromatic rings. The van der Waals surface area contributed by atoms with Crippen molar-refractivity contribution in [1.29, 1.82) is 0 Å². The third kappa shape index (κ3) is 3.63. The zero-order valence-electron chi connectivity index (χ0n) is 12.0. The lowest BCUT2D eigenvalue weighted by molar-refractivity contribution is 0.666. The molecule has 3 rings (SSSR count). The lowest BCUT2D eigenvalue weighted by atomic mass is 10.1. The van der Waals surface area contributed by atoms with E-state index in [9.17, 15) is 0 Å². The molecule has 0 saturated carbocycles. The van der Waals surface area contributed by atoms with Gasteiger partial charge in [0.15, 0.2) is 0 Å². The molecule has 0 aliphatic rings. The van der Waals surface area contributed by atoms with E-state index in [1.165, 1.54) is 11.1 Å². The summed E-state index contributed by atoms with van der Waals surface area (Å²) in [5, 5.41) is 4.14. The van der Waals surface area contributed by atoms with Gasteiger partial charge in [0.1, 0.15) is 5.82 Å². The zero-order chi connectivity index (χ0) is 14.7. The monoisotopic (exact) mass is 299 g/mol. The molecule has 0 spiro atoms. The number of fused-ring (bicyclic) bond motifs is 1. The van der Waals surface area contributed by atoms with Crippen LogP contribution in [0, 0.1) is 6.92 Å². The lowest BCUT2D eigenvalue weighted by Gasteiger charge is -2.03. The van der Waals surface area contributed by atoms with Crippen molar-refractivity contribution in [3.8, 4) is 0 Å². The Bertz CT molecular complexity index is 731. The first-order valence-electron chi connectivity index (χ1n) is 7.11. The summed E-state index contributed by atoms with van der Waals surface area (Å²) in [6.45, 7) is 3.77. The Morgan fingerprint density at radius 1 is 1.14 bits per heavy atom. The van der Waals surface area contributed by atoms with E-state index in [2.05, 4.69) is 46.5 Å². The second kappa shape index (κ2) is 6.29. The minimum Gasteiger partial charge on any atom is -0.341 e. The number of imidazole rings is 1. The maximum absolute atomic E-state index is 5.97. The van der Waals surface area contributed by atoms with Gasteiger partial charge in [-0.1, -0.05) is 41.4 Å². The van der Waals surface area contributed by atoms with E-state index in [0.717, 1.165) is 41.4 Å². The summed E-state index contributed by atoms with van der Waals surface area (Å²) in [5.41, 5.74) is 4.59. The van der Waals surface area contributed by atoms with Crippen molar-refractivity contribution < 1.29 is 0 Å². The Hall–Kier alpha value is -1.84. The minimum atomic E-state index is 0.727. The van der Waals surface area contributed by atoms with Crippen molar-refractivity contribution in [3.63, 3.8) is 0 Å². The molecular formula is C17H18ClN3. The Balaban J connectivity index is 1.53. The maximum atomic E-state index is 5.97. The van der Waals surface area contributed by atoms with Gasteiger partial charge < -0.3 is 10.3 Å². The summed E-state index contributed by atoms with van der Waals surface area (Å²) in [4.78, 5) is 7.82. The SMILES string of the molecule is Cc1ccc(CCNCc2nc3ccc(Cl)cc3[nH]2)cc1. The molecule has 108 valence electrons. The van der Waals surface area contributed by atoms with Crippen LogP contribution >= 0.6 is 11.6 Å². The predicted octanol–water partition coefficient (Wildman–Crippen LogP) is 3.86. The van der Waals surface area contributed by atoms with Crippen LogP contribution in [0.4, 0.5) is 0 Å². The molecule has 0 amide bonds. The van der Waals surface area contributed by atoms with E-state index in [1.807, 2.05) is 18.2 Å². The van der Waals surface area contributed by atoms with Crippen LogP contribution in [-0.4, -0.2) is 16.5 Å². The van der Waals surface area contributed by atoms with Crippen LogP contribution in [0.2, 0.25) is 5.02 Å². The number of nitrogens with one attached hydrogen (secondary N) is 2. The molecule has 2 N–H and O–H groups in total. The van der Waals surface area contributed by atoms with Crippen molar-refractivity contribution in [3.05, 3.63) is 64.4 Å². The largest absolute Gasteiger partial charge is 0.341 e. The molecule has 21 heavy (non-hydrogen) atoms. The number of hydrogen-bond acceptors (Lipinski definition) is 2. The first kappa shape index (κ1) is 14.1. The molecular weight excluding hydrogens is 282 g/mol. The van der Waals surface area contributed by atoms with Crippen LogP contribution in [0.25, 0.3) is 11.0 Å². The van der Waals surface area contributed by atoms with E-state index >= 15 is 0 Å². The highest BCUT2D eigenvalue weighted by molar-refractivity contribution is 6.31. The number of halogens is 1. The second-order valence-corrected chi connectivity index (χ2v) is 5.69. The van der Waals surface area contributed by atoms with E-state index < -0.39 is 0 Å². The standard InChI is InChI=1S/C17H18ClN3/c1-12-2-4-13(5-3-12)8-9-19-11-17-20-15-7-6-14(18)10-16(15)21-17/h2-7,10,19H,8-9,11H2,1H3,(H,20,21). The Morgan fingerprint density at radius 3 is 2.76 bits per heavy atom. The molecule has 2 aromatic carbocycles. The molecule has 0 aliphatic heterocycles. The fourth-order valence-electron chi connectivity index (χ4n) is 2.31. The van der Waals surface area contributed by atoms with E-state index in [1.54, 1.807) is 0 Å². The quantitative estimate of drug-likeness (QED) is 0.702. The molecule has 0 radical (unpaired) electrons.